The lowest BCUT2D eigenvalue weighted by molar-refractivity contribution is -0.117. The van der Waals surface area contributed by atoms with Gasteiger partial charge in [-0.25, -0.2) is 0 Å². The predicted octanol–water partition coefficient (Wildman–Crippen LogP) is 3.78. The first-order valence-electron chi connectivity index (χ1n) is 10.4. The largest absolute Gasteiger partial charge is 0.495 e. The number of amides is 2. The molecule has 164 valence electrons. The molecular weight excluding hydrogens is 406 g/mol. The number of carbonyl (C=O) groups excluding carboxylic acids is 2. The van der Waals surface area contributed by atoms with Gasteiger partial charge in [0.15, 0.2) is 0 Å². The first kappa shape index (κ1) is 21.4. The van der Waals surface area contributed by atoms with Crippen molar-refractivity contribution in [3.63, 3.8) is 0 Å². The van der Waals surface area contributed by atoms with E-state index in [2.05, 4.69) is 15.5 Å². The maximum atomic E-state index is 12.5. The smallest absolute Gasteiger partial charge is 0.255 e. The maximum Gasteiger partial charge on any atom is 0.255 e. The van der Waals surface area contributed by atoms with Crippen LogP contribution in [-0.4, -0.2) is 43.5 Å². The van der Waals surface area contributed by atoms with Crippen LogP contribution in [0.2, 0.25) is 0 Å². The fraction of sp³-hybridized carbons (Fsp3) is 0.200. The van der Waals surface area contributed by atoms with E-state index in [0.29, 0.717) is 42.4 Å². The van der Waals surface area contributed by atoms with E-state index in [9.17, 15) is 9.59 Å². The minimum Gasteiger partial charge on any atom is -0.495 e. The van der Waals surface area contributed by atoms with Crippen LogP contribution in [0, 0.1) is 0 Å². The molecule has 32 heavy (non-hydrogen) atoms. The molecule has 4 rings (SSSR count). The summed E-state index contributed by atoms with van der Waals surface area (Å²) in [4.78, 5) is 27.1. The second kappa shape index (κ2) is 9.98. The van der Waals surface area contributed by atoms with Crippen LogP contribution in [-0.2, 0) is 11.3 Å². The van der Waals surface area contributed by atoms with Crippen LogP contribution in [0.15, 0.2) is 72.8 Å². The molecule has 0 unspecified atom stereocenters. The summed E-state index contributed by atoms with van der Waals surface area (Å²) in [7, 11) is 1.56. The summed E-state index contributed by atoms with van der Waals surface area (Å²) in [6, 6.07) is 21.9. The van der Waals surface area contributed by atoms with Crippen LogP contribution in [0.5, 0.6) is 11.5 Å². The van der Waals surface area contributed by atoms with Crippen molar-refractivity contribution in [2.75, 3.05) is 37.4 Å². The average Bonchev–Trinajstić information content (AvgIpc) is 3.01. The molecule has 1 aliphatic heterocycles. The van der Waals surface area contributed by atoms with Gasteiger partial charge in [0.2, 0.25) is 5.91 Å². The molecule has 0 atom stereocenters. The van der Waals surface area contributed by atoms with Gasteiger partial charge in [0.25, 0.3) is 5.91 Å². The predicted molar refractivity (Wildman–Crippen MR) is 123 cm³/mol. The number of nitrogens with zero attached hydrogens (tertiary/aromatic N) is 1. The number of benzene rings is 3. The normalized spacial score (nSPS) is 13.3. The lowest BCUT2D eigenvalue weighted by Gasteiger charge is -2.18. The molecule has 7 nitrogen and oxygen atoms in total. The Morgan fingerprint density at radius 2 is 1.72 bits per heavy atom. The second-order valence-corrected chi connectivity index (χ2v) is 7.45. The van der Waals surface area contributed by atoms with E-state index < -0.39 is 0 Å². The number of hydrogen-bond donors (Lipinski definition) is 2. The minimum absolute atomic E-state index is 0.115. The van der Waals surface area contributed by atoms with Gasteiger partial charge in [0.05, 0.1) is 19.3 Å². The van der Waals surface area contributed by atoms with Crippen LogP contribution in [0.25, 0.3) is 0 Å². The van der Waals surface area contributed by atoms with E-state index in [0.717, 1.165) is 11.3 Å². The molecule has 0 bridgehead atoms. The Balaban J connectivity index is 1.33. The molecule has 1 aliphatic rings. The second-order valence-electron chi connectivity index (χ2n) is 7.45. The van der Waals surface area contributed by atoms with Crippen LogP contribution in [0.4, 0.5) is 11.4 Å². The average molecular weight is 431 g/mol. The molecule has 7 heteroatoms. The third kappa shape index (κ3) is 5.25. The molecule has 2 amide bonds. The SMILES string of the molecule is COc1ccccc1NC(=O)c1ccc(NC(=O)CN2CCOc3ccccc3C2)cc1. The monoisotopic (exact) mass is 431 g/mol. The fourth-order valence-corrected chi connectivity index (χ4v) is 3.57. The van der Waals surface area contributed by atoms with Crippen LogP contribution >= 0.6 is 0 Å². The summed E-state index contributed by atoms with van der Waals surface area (Å²) in [5, 5.41) is 5.73. The van der Waals surface area contributed by atoms with E-state index in [4.69, 9.17) is 9.47 Å². The zero-order valence-corrected chi connectivity index (χ0v) is 17.8. The van der Waals surface area contributed by atoms with Gasteiger partial charge in [-0.05, 0) is 42.5 Å². The van der Waals surface area contributed by atoms with Gasteiger partial charge < -0.3 is 20.1 Å². The Labute approximate surface area is 187 Å². The van der Waals surface area contributed by atoms with Gasteiger partial charge in [0, 0.05) is 29.9 Å². The molecular formula is C25H25N3O4. The summed E-state index contributed by atoms with van der Waals surface area (Å²) in [6.45, 7) is 2.13. The molecule has 0 saturated heterocycles. The van der Waals surface area contributed by atoms with E-state index >= 15 is 0 Å². The van der Waals surface area contributed by atoms with Crippen LogP contribution in [0.1, 0.15) is 15.9 Å². The Kier molecular flexibility index (Phi) is 6.67. The lowest BCUT2D eigenvalue weighted by atomic mass is 10.2. The molecule has 0 aromatic heterocycles. The van der Waals surface area contributed by atoms with E-state index in [1.54, 1.807) is 43.5 Å². The molecule has 2 N–H and O–H groups in total. The Hall–Kier alpha value is -3.84. The van der Waals surface area contributed by atoms with Gasteiger partial charge in [0.1, 0.15) is 18.1 Å². The molecule has 3 aromatic carbocycles. The first-order chi connectivity index (χ1) is 15.6. The van der Waals surface area contributed by atoms with Gasteiger partial charge in [-0.3, -0.25) is 14.5 Å². The zero-order valence-electron chi connectivity index (χ0n) is 17.8. The summed E-state index contributed by atoms with van der Waals surface area (Å²) < 4.78 is 11.0. The molecule has 0 saturated carbocycles. The summed E-state index contributed by atoms with van der Waals surface area (Å²) in [5.74, 6) is 1.09. The number of nitrogens with one attached hydrogen (secondary N) is 2. The molecule has 1 heterocycles. The van der Waals surface area contributed by atoms with Crippen molar-refractivity contribution in [2.45, 2.75) is 6.54 Å². The summed E-state index contributed by atoms with van der Waals surface area (Å²) >= 11 is 0. The van der Waals surface area contributed by atoms with Crippen molar-refractivity contribution in [1.82, 2.24) is 4.90 Å². The number of carbonyl (C=O) groups is 2. The highest BCUT2D eigenvalue weighted by Gasteiger charge is 2.17. The highest BCUT2D eigenvalue weighted by molar-refractivity contribution is 6.05. The highest BCUT2D eigenvalue weighted by Crippen LogP contribution is 2.24. The number of rotatable bonds is 6. The van der Waals surface area contributed by atoms with Crippen molar-refractivity contribution in [2.24, 2.45) is 0 Å². The van der Waals surface area contributed by atoms with Crippen molar-refractivity contribution >= 4 is 23.2 Å². The van der Waals surface area contributed by atoms with Gasteiger partial charge in [-0.1, -0.05) is 30.3 Å². The Morgan fingerprint density at radius 3 is 2.53 bits per heavy atom. The maximum absolute atomic E-state index is 12.5. The highest BCUT2D eigenvalue weighted by atomic mass is 16.5. The van der Waals surface area contributed by atoms with Crippen molar-refractivity contribution < 1.29 is 19.1 Å². The fourth-order valence-electron chi connectivity index (χ4n) is 3.57. The van der Waals surface area contributed by atoms with Crippen molar-refractivity contribution in [1.29, 1.82) is 0 Å². The molecule has 0 spiro atoms. The van der Waals surface area contributed by atoms with Crippen LogP contribution in [0.3, 0.4) is 0 Å². The summed E-state index contributed by atoms with van der Waals surface area (Å²) in [6.07, 6.45) is 0. The molecule has 0 aliphatic carbocycles. The quantitative estimate of drug-likeness (QED) is 0.621. The van der Waals surface area contributed by atoms with Crippen molar-refractivity contribution in [3.05, 3.63) is 83.9 Å². The summed E-state index contributed by atoms with van der Waals surface area (Å²) in [5.41, 5.74) is 2.79. The van der Waals surface area contributed by atoms with E-state index in [1.807, 2.05) is 36.4 Å². The molecule has 0 fully saturated rings. The third-order valence-corrected chi connectivity index (χ3v) is 5.18. The number of anilines is 2. The number of methoxy groups -OCH3 is 1. The van der Waals surface area contributed by atoms with Gasteiger partial charge >= 0.3 is 0 Å². The van der Waals surface area contributed by atoms with Crippen molar-refractivity contribution in [3.8, 4) is 11.5 Å². The standard InChI is InChI=1S/C25H25N3O4/c1-31-23-9-5-3-7-21(23)27-25(30)18-10-12-20(13-11-18)26-24(29)17-28-14-15-32-22-8-4-2-6-19(22)16-28/h2-13H,14-17H2,1H3,(H,26,29)(H,27,30). The van der Waals surface area contributed by atoms with E-state index in [1.165, 1.54) is 0 Å². The number of hydrogen-bond acceptors (Lipinski definition) is 5. The first-order valence-corrected chi connectivity index (χ1v) is 10.4. The molecule has 3 aromatic rings. The lowest BCUT2D eigenvalue weighted by Crippen LogP contribution is -2.34. The molecule has 0 radical (unpaired) electrons. The number of ether oxygens (including phenoxy) is 2. The third-order valence-electron chi connectivity index (χ3n) is 5.18. The van der Waals surface area contributed by atoms with Crippen LogP contribution < -0.4 is 20.1 Å². The topological polar surface area (TPSA) is 79.9 Å². The van der Waals surface area contributed by atoms with E-state index in [-0.39, 0.29) is 18.4 Å². The van der Waals surface area contributed by atoms with Gasteiger partial charge in [-0.15, -0.1) is 0 Å². The zero-order chi connectivity index (χ0) is 22.3. The Bertz CT molecular complexity index is 1100. The minimum atomic E-state index is -0.254. The Morgan fingerprint density at radius 1 is 0.969 bits per heavy atom. The number of fused-ring (bicyclic) bond motifs is 1. The number of para-hydroxylation sites is 3. The van der Waals surface area contributed by atoms with Gasteiger partial charge in [-0.2, -0.15) is 0 Å².